The van der Waals surface area contributed by atoms with E-state index in [4.69, 9.17) is 5.26 Å². The molecule has 154 valence electrons. The SMILES string of the molecule is Cc1cc(C[C@@H]2CCCN(CCC#N)C2)nnc1-c1ccc(C(F)(F)F)cc1O. The molecule has 0 bridgehead atoms. The summed E-state index contributed by atoms with van der Waals surface area (Å²) in [7, 11) is 0. The van der Waals surface area contributed by atoms with Crippen molar-refractivity contribution in [3.8, 4) is 23.1 Å². The molecule has 1 saturated heterocycles. The number of phenolic OH excluding ortho intramolecular Hbond substituents is 1. The van der Waals surface area contributed by atoms with Gasteiger partial charge in [0.15, 0.2) is 0 Å². The lowest BCUT2D eigenvalue weighted by molar-refractivity contribution is -0.137. The van der Waals surface area contributed by atoms with Crippen LogP contribution in [0, 0.1) is 24.2 Å². The van der Waals surface area contributed by atoms with Crippen molar-refractivity contribution >= 4 is 0 Å². The molecule has 1 N–H and O–H groups in total. The number of benzene rings is 1. The Morgan fingerprint density at radius 2 is 2.07 bits per heavy atom. The van der Waals surface area contributed by atoms with Gasteiger partial charge >= 0.3 is 6.18 Å². The summed E-state index contributed by atoms with van der Waals surface area (Å²) < 4.78 is 38.4. The van der Waals surface area contributed by atoms with Crippen molar-refractivity contribution in [3.05, 3.63) is 41.1 Å². The van der Waals surface area contributed by atoms with Crippen LogP contribution in [-0.2, 0) is 12.6 Å². The number of nitrogens with zero attached hydrogens (tertiary/aromatic N) is 4. The van der Waals surface area contributed by atoms with Crippen LogP contribution in [0.4, 0.5) is 13.2 Å². The third kappa shape index (κ3) is 5.24. The maximum Gasteiger partial charge on any atom is 0.416 e. The van der Waals surface area contributed by atoms with Gasteiger partial charge in [-0.1, -0.05) is 0 Å². The average molecular weight is 404 g/mol. The van der Waals surface area contributed by atoms with Gasteiger partial charge in [0.05, 0.1) is 23.0 Å². The van der Waals surface area contributed by atoms with E-state index in [0.29, 0.717) is 24.1 Å². The van der Waals surface area contributed by atoms with Crippen LogP contribution in [0.1, 0.15) is 36.1 Å². The minimum absolute atomic E-state index is 0.231. The molecule has 0 radical (unpaired) electrons. The summed E-state index contributed by atoms with van der Waals surface area (Å²) in [6.07, 6.45) is -1.06. The fraction of sp³-hybridized carbons (Fsp3) is 0.476. The first kappa shape index (κ1) is 21.1. The Labute approximate surface area is 167 Å². The van der Waals surface area contributed by atoms with E-state index in [-0.39, 0.29) is 5.56 Å². The molecule has 8 heteroatoms. The number of hydrogen-bond donors (Lipinski definition) is 1. The van der Waals surface area contributed by atoms with Crippen molar-refractivity contribution in [1.82, 2.24) is 15.1 Å². The molecule has 2 heterocycles. The lowest BCUT2D eigenvalue weighted by Crippen LogP contribution is -2.36. The molecule has 1 aliphatic rings. The number of aryl methyl sites for hydroxylation is 1. The van der Waals surface area contributed by atoms with Gasteiger partial charge in [0.1, 0.15) is 5.75 Å². The van der Waals surface area contributed by atoms with Crippen LogP contribution in [0.3, 0.4) is 0 Å². The molecular formula is C21H23F3N4O. The molecule has 0 spiro atoms. The molecule has 1 atom stereocenters. The molecule has 1 aromatic carbocycles. The van der Waals surface area contributed by atoms with Crippen LogP contribution in [-0.4, -0.2) is 39.8 Å². The van der Waals surface area contributed by atoms with E-state index >= 15 is 0 Å². The summed E-state index contributed by atoms with van der Waals surface area (Å²) in [5.41, 5.74) is 1.28. The Morgan fingerprint density at radius 3 is 2.72 bits per heavy atom. The van der Waals surface area contributed by atoms with Crippen molar-refractivity contribution in [2.24, 2.45) is 5.92 Å². The minimum Gasteiger partial charge on any atom is -0.507 e. The molecule has 0 saturated carbocycles. The average Bonchev–Trinajstić information content (AvgIpc) is 2.66. The van der Waals surface area contributed by atoms with Crippen LogP contribution < -0.4 is 0 Å². The third-order valence-corrected chi connectivity index (χ3v) is 5.26. The number of likely N-dealkylation sites (tertiary alicyclic amines) is 1. The Kier molecular flexibility index (Phi) is 6.38. The Balaban J connectivity index is 1.73. The summed E-state index contributed by atoms with van der Waals surface area (Å²) in [5, 5.41) is 27.3. The fourth-order valence-electron chi connectivity index (χ4n) is 3.84. The first-order chi connectivity index (χ1) is 13.8. The van der Waals surface area contributed by atoms with Crippen LogP contribution in [0.15, 0.2) is 24.3 Å². The van der Waals surface area contributed by atoms with Crippen molar-refractivity contribution in [2.75, 3.05) is 19.6 Å². The van der Waals surface area contributed by atoms with Crippen molar-refractivity contribution in [3.63, 3.8) is 0 Å². The molecule has 0 unspecified atom stereocenters. The second-order valence-electron chi connectivity index (χ2n) is 7.52. The lowest BCUT2D eigenvalue weighted by atomic mass is 9.92. The second kappa shape index (κ2) is 8.78. The largest absolute Gasteiger partial charge is 0.507 e. The van der Waals surface area contributed by atoms with E-state index in [1.165, 1.54) is 6.07 Å². The second-order valence-corrected chi connectivity index (χ2v) is 7.52. The highest BCUT2D eigenvalue weighted by atomic mass is 19.4. The zero-order valence-electron chi connectivity index (χ0n) is 16.2. The lowest BCUT2D eigenvalue weighted by Gasteiger charge is -2.32. The Bertz CT molecular complexity index is 908. The molecule has 0 aliphatic carbocycles. The topological polar surface area (TPSA) is 73.0 Å². The number of piperidine rings is 1. The van der Waals surface area contributed by atoms with Gasteiger partial charge in [0.2, 0.25) is 0 Å². The first-order valence-corrected chi connectivity index (χ1v) is 9.61. The van der Waals surface area contributed by atoms with Gasteiger partial charge in [-0.15, -0.1) is 5.10 Å². The van der Waals surface area contributed by atoms with Crippen molar-refractivity contribution in [2.45, 2.75) is 38.8 Å². The molecule has 1 aliphatic heterocycles. The summed E-state index contributed by atoms with van der Waals surface area (Å²) in [4.78, 5) is 2.30. The van der Waals surface area contributed by atoms with Crippen molar-refractivity contribution < 1.29 is 18.3 Å². The van der Waals surface area contributed by atoms with Gasteiger partial charge in [-0.3, -0.25) is 0 Å². The van der Waals surface area contributed by atoms with Gasteiger partial charge < -0.3 is 10.0 Å². The molecule has 3 rings (SSSR count). The standard InChI is InChI=1S/C21H23F3N4O/c1-14-10-17(11-15-4-2-8-28(13-15)9-3-7-25)26-27-20(14)18-6-5-16(12-19(18)29)21(22,23)24/h5-6,10,12,15,29H,2-4,8-9,11,13H2,1H3/t15-/m0/s1. The van der Waals surface area contributed by atoms with Gasteiger partial charge in [0, 0.05) is 25.1 Å². The minimum atomic E-state index is -4.51. The highest BCUT2D eigenvalue weighted by Crippen LogP contribution is 2.36. The van der Waals surface area contributed by atoms with Gasteiger partial charge in [-0.05, 0) is 68.5 Å². The zero-order valence-corrected chi connectivity index (χ0v) is 16.2. The smallest absolute Gasteiger partial charge is 0.416 e. The number of rotatable bonds is 5. The number of alkyl halides is 3. The van der Waals surface area contributed by atoms with Gasteiger partial charge in [0.25, 0.3) is 0 Å². The maximum absolute atomic E-state index is 12.8. The van der Waals surface area contributed by atoms with Crippen LogP contribution in [0.2, 0.25) is 0 Å². The highest BCUT2D eigenvalue weighted by molar-refractivity contribution is 5.69. The van der Waals surface area contributed by atoms with Crippen LogP contribution >= 0.6 is 0 Å². The number of nitriles is 1. The molecule has 29 heavy (non-hydrogen) atoms. The molecule has 1 fully saturated rings. The third-order valence-electron chi connectivity index (χ3n) is 5.26. The first-order valence-electron chi connectivity index (χ1n) is 9.61. The molecular weight excluding hydrogens is 381 g/mol. The monoisotopic (exact) mass is 404 g/mol. The summed E-state index contributed by atoms with van der Waals surface area (Å²) in [6.45, 7) is 4.52. The summed E-state index contributed by atoms with van der Waals surface area (Å²) in [6, 6.07) is 6.93. The van der Waals surface area contributed by atoms with E-state index in [0.717, 1.165) is 56.2 Å². The predicted octanol–water partition coefficient (Wildman–Crippen LogP) is 4.34. The van der Waals surface area contributed by atoms with Gasteiger partial charge in [-0.2, -0.15) is 23.5 Å². The number of aromatic nitrogens is 2. The van der Waals surface area contributed by atoms with E-state index in [2.05, 4.69) is 21.2 Å². The number of phenols is 1. The molecule has 2 aromatic rings. The van der Waals surface area contributed by atoms with Gasteiger partial charge in [-0.25, -0.2) is 0 Å². The Morgan fingerprint density at radius 1 is 1.28 bits per heavy atom. The van der Waals surface area contributed by atoms with E-state index in [1.54, 1.807) is 0 Å². The van der Waals surface area contributed by atoms with Crippen LogP contribution in [0.5, 0.6) is 5.75 Å². The number of halogens is 3. The van der Waals surface area contributed by atoms with E-state index < -0.39 is 17.5 Å². The predicted molar refractivity (Wildman–Crippen MR) is 102 cm³/mol. The molecule has 0 amide bonds. The normalized spacial score (nSPS) is 17.8. The quantitative estimate of drug-likeness (QED) is 0.802. The van der Waals surface area contributed by atoms with E-state index in [9.17, 15) is 18.3 Å². The molecule has 1 aromatic heterocycles. The van der Waals surface area contributed by atoms with E-state index in [1.807, 2.05) is 13.0 Å². The van der Waals surface area contributed by atoms with Crippen molar-refractivity contribution in [1.29, 1.82) is 5.26 Å². The van der Waals surface area contributed by atoms with Crippen LogP contribution in [0.25, 0.3) is 11.3 Å². The highest BCUT2D eigenvalue weighted by Gasteiger charge is 2.31. The summed E-state index contributed by atoms with van der Waals surface area (Å²) >= 11 is 0. The number of hydrogen-bond acceptors (Lipinski definition) is 5. The molecule has 5 nitrogen and oxygen atoms in total. The summed E-state index contributed by atoms with van der Waals surface area (Å²) in [5.74, 6) is -0.0353. The zero-order chi connectivity index (χ0) is 21.0. The maximum atomic E-state index is 12.8. The fourth-order valence-corrected chi connectivity index (χ4v) is 3.84. The Hall–Kier alpha value is -2.66. The number of aromatic hydroxyl groups is 1.